The highest BCUT2D eigenvalue weighted by molar-refractivity contribution is 7.98. The molecule has 3 rings (SSSR count). The van der Waals surface area contributed by atoms with Gasteiger partial charge in [0.15, 0.2) is 0 Å². The van der Waals surface area contributed by atoms with Gasteiger partial charge in [-0.25, -0.2) is 0 Å². The number of alkyl halides is 3. The third-order valence-corrected chi connectivity index (χ3v) is 4.71. The largest absolute Gasteiger partial charge is 0.464 e. The lowest BCUT2D eigenvalue weighted by molar-refractivity contribution is -0.129. The number of furan rings is 1. The fourth-order valence-corrected chi connectivity index (χ4v) is 3.35. The number of hydrogen-bond acceptors (Lipinski definition) is 2. The monoisotopic (exact) mass is 322 g/mol. The third-order valence-electron chi connectivity index (χ3n) is 3.34. The standard InChI is InChI=1S/C17H13F3OS/c18-17(19,20)16(22-11-12-4-2-1-3-5-12)14-7-6-13-8-9-21-15(13)10-14/h1-10,16H,11H2/t16-/m1/s1. The van der Waals surface area contributed by atoms with Crippen molar-refractivity contribution in [2.45, 2.75) is 17.2 Å². The molecule has 0 saturated heterocycles. The van der Waals surface area contributed by atoms with Crippen molar-refractivity contribution in [2.24, 2.45) is 0 Å². The Morgan fingerprint density at radius 2 is 1.77 bits per heavy atom. The summed E-state index contributed by atoms with van der Waals surface area (Å²) >= 11 is 0.879. The summed E-state index contributed by atoms with van der Waals surface area (Å²) in [4.78, 5) is 0. The van der Waals surface area contributed by atoms with Crippen LogP contribution in [0.3, 0.4) is 0 Å². The van der Waals surface area contributed by atoms with E-state index in [2.05, 4.69) is 0 Å². The summed E-state index contributed by atoms with van der Waals surface area (Å²) in [6.07, 6.45) is -2.83. The van der Waals surface area contributed by atoms with E-state index in [1.54, 1.807) is 12.1 Å². The van der Waals surface area contributed by atoms with Crippen LogP contribution < -0.4 is 0 Å². The maximum Gasteiger partial charge on any atom is 0.404 e. The van der Waals surface area contributed by atoms with Crippen LogP contribution in [0.2, 0.25) is 0 Å². The molecule has 3 aromatic rings. The molecular formula is C17H13F3OS. The van der Waals surface area contributed by atoms with Crippen molar-refractivity contribution in [1.29, 1.82) is 0 Å². The summed E-state index contributed by atoms with van der Waals surface area (Å²) in [5, 5.41) is -0.764. The molecule has 0 unspecified atom stereocenters. The Kier molecular flexibility index (Phi) is 4.16. The first-order valence-electron chi connectivity index (χ1n) is 6.73. The Bertz CT molecular complexity index is 749. The van der Waals surface area contributed by atoms with Crippen LogP contribution in [0, 0.1) is 0 Å². The molecule has 22 heavy (non-hydrogen) atoms. The van der Waals surface area contributed by atoms with Crippen molar-refractivity contribution < 1.29 is 17.6 Å². The molecule has 1 aromatic heterocycles. The molecule has 0 aliphatic rings. The summed E-state index contributed by atoms with van der Waals surface area (Å²) in [7, 11) is 0. The molecule has 0 N–H and O–H groups in total. The molecule has 0 aliphatic heterocycles. The normalized spacial score (nSPS) is 13.4. The maximum atomic E-state index is 13.4. The Morgan fingerprint density at radius 3 is 2.50 bits per heavy atom. The average molecular weight is 322 g/mol. The summed E-state index contributed by atoms with van der Waals surface area (Å²) in [5.74, 6) is 0.307. The SMILES string of the molecule is FC(F)(F)[C@H](SCc1ccccc1)c1ccc2ccoc2c1. The van der Waals surface area contributed by atoms with Crippen molar-refractivity contribution in [3.8, 4) is 0 Å². The van der Waals surface area contributed by atoms with E-state index in [0.29, 0.717) is 11.3 Å². The van der Waals surface area contributed by atoms with Gasteiger partial charge in [0.2, 0.25) is 0 Å². The lowest BCUT2D eigenvalue weighted by Gasteiger charge is -2.20. The van der Waals surface area contributed by atoms with Gasteiger partial charge in [0.05, 0.1) is 6.26 Å². The molecule has 114 valence electrons. The molecule has 0 bridgehead atoms. The number of thioether (sulfide) groups is 1. The van der Waals surface area contributed by atoms with E-state index in [1.165, 1.54) is 18.4 Å². The maximum absolute atomic E-state index is 13.4. The smallest absolute Gasteiger partial charge is 0.404 e. The summed E-state index contributed by atoms with van der Waals surface area (Å²) in [6.45, 7) is 0. The van der Waals surface area contributed by atoms with Crippen molar-refractivity contribution in [3.63, 3.8) is 0 Å². The molecule has 0 fully saturated rings. The second kappa shape index (κ2) is 6.08. The molecule has 1 atom stereocenters. The molecule has 2 aromatic carbocycles. The van der Waals surface area contributed by atoms with E-state index in [0.717, 1.165) is 22.7 Å². The van der Waals surface area contributed by atoms with E-state index in [-0.39, 0.29) is 5.56 Å². The van der Waals surface area contributed by atoms with Gasteiger partial charge in [-0.3, -0.25) is 0 Å². The summed E-state index contributed by atoms with van der Waals surface area (Å²) < 4.78 is 45.4. The minimum atomic E-state index is -4.31. The molecule has 0 spiro atoms. The number of benzene rings is 2. The van der Waals surface area contributed by atoms with Crippen molar-refractivity contribution in [1.82, 2.24) is 0 Å². The van der Waals surface area contributed by atoms with E-state index in [4.69, 9.17) is 4.42 Å². The highest BCUT2D eigenvalue weighted by Gasteiger charge is 2.41. The summed E-state index contributed by atoms with van der Waals surface area (Å²) in [5.41, 5.74) is 1.57. The van der Waals surface area contributed by atoms with Gasteiger partial charge in [0, 0.05) is 11.1 Å². The van der Waals surface area contributed by atoms with Crippen LogP contribution >= 0.6 is 11.8 Å². The zero-order valence-electron chi connectivity index (χ0n) is 11.5. The predicted octanol–water partition coefficient (Wildman–Crippen LogP) is 5.97. The van der Waals surface area contributed by atoms with Crippen LogP contribution in [0.4, 0.5) is 13.2 Å². The van der Waals surface area contributed by atoms with Crippen LogP contribution in [0.1, 0.15) is 16.4 Å². The van der Waals surface area contributed by atoms with Crippen LogP contribution in [-0.4, -0.2) is 6.18 Å². The first-order chi connectivity index (χ1) is 10.5. The molecule has 0 amide bonds. The van der Waals surface area contributed by atoms with Crippen LogP contribution in [-0.2, 0) is 5.75 Å². The number of rotatable bonds is 4. The lowest BCUT2D eigenvalue weighted by Crippen LogP contribution is -2.18. The van der Waals surface area contributed by atoms with Gasteiger partial charge in [-0.05, 0) is 23.3 Å². The van der Waals surface area contributed by atoms with E-state index < -0.39 is 11.4 Å². The number of fused-ring (bicyclic) bond motifs is 1. The van der Waals surface area contributed by atoms with Gasteiger partial charge >= 0.3 is 6.18 Å². The Balaban J connectivity index is 1.86. The first kappa shape index (κ1) is 15.0. The quantitative estimate of drug-likeness (QED) is 0.587. The van der Waals surface area contributed by atoms with Crippen LogP contribution in [0.5, 0.6) is 0 Å². The Morgan fingerprint density at radius 1 is 1.00 bits per heavy atom. The van der Waals surface area contributed by atoms with Crippen LogP contribution in [0.25, 0.3) is 11.0 Å². The van der Waals surface area contributed by atoms with Crippen LogP contribution in [0.15, 0.2) is 65.3 Å². The molecular weight excluding hydrogens is 309 g/mol. The van der Waals surface area contributed by atoms with Crippen molar-refractivity contribution in [3.05, 3.63) is 72.0 Å². The van der Waals surface area contributed by atoms with E-state index in [1.807, 2.05) is 30.3 Å². The van der Waals surface area contributed by atoms with Gasteiger partial charge in [0.1, 0.15) is 10.8 Å². The Hall–Kier alpha value is -1.88. The fraction of sp³-hybridized carbons (Fsp3) is 0.176. The molecule has 0 radical (unpaired) electrons. The minimum absolute atomic E-state index is 0.218. The number of hydrogen-bond donors (Lipinski definition) is 0. The van der Waals surface area contributed by atoms with Crippen molar-refractivity contribution in [2.75, 3.05) is 0 Å². The highest BCUT2D eigenvalue weighted by atomic mass is 32.2. The average Bonchev–Trinajstić information content (AvgIpc) is 2.95. The zero-order valence-corrected chi connectivity index (χ0v) is 12.3. The summed E-state index contributed by atoms with van der Waals surface area (Å²) in [6, 6.07) is 15.6. The molecule has 1 nitrogen and oxygen atoms in total. The zero-order chi connectivity index (χ0) is 15.6. The first-order valence-corrected chi connectivity index (χ1v) is 7.78. The minimum Gasteiger partial charge on any atom is -0.464 e. The lowest BCUT2D eigenvalue weighted by atomic mass is 10.1. The van der Waals surface area contributed by atoms with Gasteiger partial charge in [-0.1, -0.05) is 42.5 Å². The second-order valence-electron chi connectivity index (χ2n) is 4.94. The molecule has 0 saturated carbocycles. The third kappa shape index (κ3) is 3.30. The van der Waals surface area contributed by atoms with Gasteiger partial charge in [-0.15, -0.1) is 11.8 Å². The topological polar surface area (TPSA) is 13.1 Å². The van der Waals surface area contributed by atoms with Gasteiger partial charge in [0.25, 0.3) is 0 Å². The van der Waals surface area contributed by atoms with Gasteiger partial charge in [-0.2, -0.15) is 13.2 Å². The van der Waals surface area contributed by atoms with E-state index in [9.17, 15) is 13.2 Å². The molecule has 5 heteroatoms. The fourth-order valence-electron chi connectivity index (χ4n) is 2.27. The Labute approximate surface area is 130 Å². The molecule has 1 heterocycles. The number of halogens is 3. The second-order valence-corrected chi connectivity index (χ2v) is 6.03. The molecule has 0 aliphatic carbocycles. The van der Waals surface area contributed by atoms with E-state index >= 15 is 0 Å². The van der Waals surface area contributed by atoms with Gasteiger partial charge < -0.3 is 4.42 Å². The van der Waals surface area contributed by atoms with Crippen molar-refractivity contribution >= 4 is 22.7 Å². The highest BCUT2D eigenvalue weighted by Crippen LogP contribution is 2.45. The predicted molar refractivity (Wildman–Crippen MR) is 82.7 cm³/mol.